The van der Waals surface area contributed by atoms with E-state index in [0.717, 1.165) is 6.26 Å². The summed E-state index contributed by atoms with van der Waals surface area (Å²) >= 11 is 0. The Morgan fingerprint density at radius 1 is 1.55 bits per heavy atom. The van der Waals surface area contributed by atoms with Crippen molar-refractivity contribution in [3.05, 3.63) is 11.6 Å². The van der Waals surface area contributed by atoms with Crippen molar-refractivity contribution in [3.8, 4) is 0 Å². The molecule has 0 N–H and O–H groups in total. The lowest BCUT2D eigenvalue weighted by Gasteiger charge is -1.94. The van der Waals surface area contributed by atoms with Crippen LogP contribution >= 0.6 is 0 Å². The Bertz CT molecular complexity index is 250. The fourth-order valence-electron chi connectivity index (χ4n) is 0.337. The largest absolute Gasteiger partial charge is 0.298 e. The Labute approximate surface area is 66.0 Å². The molecule has 5 heteroatoms. The standard InChI is InChI=1S/C6H10O4S/c1-6(5-7)3-4-10-11(2,8)9/h3,5H,4H2,1-2H3/b6-3+. The summed E-state index contributed by atoms with van der Waals surface area (Å²) in [7, 11) is -3.39. The second kappa shape index (κ2) is 4.25. The SMILES string of the molecule is C/C(C=O)=C\COS(C)(=O)=O. The summed E-state index contributed by atoms with van der Waals surface area (Å²) < 4.78 is 25.1. The Kier molecular flexibility index (Phi) is 3.99. The molecular formula is C6H10O4S. The third-order valence-corrected chi connectivity index (χ3v) is 1.44. The van der Waals surface area contributed by atoms with Crippen molar-refractivity contribution in [2.75, 3.05) is 12.9 Å². The van der Waals surface area contributed by atoms with Crippen molar-refractivity contribution >= 4 is 16.4 Å². The first kappa shape index (κ1) is 10.3. The molecular weight excluding hydrogens is 168 g/mol. The van der Waals surface area contributed by atoms with Crippen molar-refractivity contribution in [1.82, 2.24) is 0 Å². The van der Waals surface area contributed by atoms with Crippen LogP contribution in [0.1, 0.15) is 6.92 Å². The molecule has 11 heavy (non-hydrogen) atoms. The van der Waals surface area contributed by atoms with Gasteiger partial charge in [0.15, 0.2) is 0 Å². The first-order valence-corrected chi connectivity index (χ1v) is 4.73. The molecule has 0 atom stereocenters. The number of carbonyl (C=O) groups is 1. The molecule has 4 nitrogen and oxygen atoms in total. The fraction of sp³-hybridized carbons (Fsp3) is 0.500. The van der Waals surface area contributed by atoms with E-state index in [1.165, 1.54) is 6.08 Å². The van der Waals surface area contributed by atoms with Gasteiger partial charge in [-0.05, 0) is 12.5 Å². The van der Waals surface area contributed by atoms with Gasteiger partial charge in [-0.2, -0.15) is 8.42 Å². The number of rotatable bonds is 4. The third-order valence-electron chi connectivity index (χ3n) is 0.873. The van der Waals surface area contributed by atoms with E-state index < -0.39 is 10.1 Å². The van der Waals surface area contributed by atoms with Crippen LogP contribution in [0, 0.1) is 0 Å². The van der Waals surface area contributed by atoms with Crippen LogP contribution in [-0.4, -0.2) is 27.6 Å². The van der Waals surface area contributed by atoms with E-state index in [4.69, 9.17) is 0 Å². The second-order valence-electron chi connectivity index (χ2n) is 2.05. The summed E-state index contributed by atoms with van der Waals surface area (Å²) in [6.45, 7) is 1.49. The maximum absolute atomic E-state index is 10.4. The lowest BCUT2D eigenvalue weighted by Crippen LogP contribution is -2.02. The number of carbonyl (C=O) groups excluding carboxylic acids is 1. The van der Waals surface area contributed by atoms with Gasteiger partial charge in [-0.1, -0.05) is 6.08 Å². The molecule has 0 amide bonds. The maximum Gasteiger partial charge on any atom is 0.264 e. The molecule has 0 aliphatic rings. The molecule has 0 aliphatic carbocycles. The van der Waals surface area contributed by atoms with Gasteiger partial charge in [-0.25, -0.2) is 0 Å². The zero-order valence-electron chi connectivity index (χ0n) is 6.40. The van der Waals surface area contributed by atoms with Crippen molar-refractivity contribution in [3.63, 3.8) is 0 Å². The van der Waals surface area contributed by atoms with Crippen LogP contribution in [0.5, 0.6) is 0 Å². The Balaban J connectivity index is 3.84. The van der Waals surface area contributed by atoms with Crippen LogP contribution in [0.25, 0.3) is 0 Å². The molecule has 64 valence electrons. The molecule has 0 saturated heterocycles. The molecule has 0 aromatic heterocycles. The van der Waals surface area contributed by atoms with Gasteiger partial charge < -0.3 is 0 Å². The van der Waals surface area contributed by atoms with Crippen molar-refractivity contribution in [1.29, 1.82) is 0 Å². The number of hydrogen-bond acceptors (Lipinski definition) is 4. The maximum atomic E-state index is 10.4. The quantitative estimate of drug-likeness (QED) is 0.348. The molecule has 0 aromatic carbocycles. The predicted octanol–water partition coefficient (Wildman–Crippen LogP) is 0.108. The molecule has 0 saturated carbocycles. The third kappa shape index (κ3) is 7.21. The predicted molar refractivity (Wildman–Crippen MR) is 40.6 cm³/mol. The average Bonchev–Trinajstić information content (AvgIpc) is 1.85. The summed E-state index contributed by atoms with van der Waals surface area (Å²) in [5.41, 5.74) is 0.452. The van der Waals surface area contributed by atoms with Crippen molar-refractivity contribution < 1.29 is 17.4 Å². The van der Waals surface area contributed by atoms with Crippen LogP contribution in [0.2, 0.25) is 0 Å². The van der Waals surface area contributed by atoms with Gasteiger partial charge in [0, 0.05) is 0 Å². The minimum absolute atomic E-state index is 0.0800. The zero-order valence-corrected chi connectivity index (χ0v) is 7.22. The lowest BCUT2D eigenvalue weighted by molar-refractivity contribution is -0.104. The summed E-state index contributed by atoms with van der Waals surface area (Å²) in [5.74, 6) is 0. The van der Waals surface area contributed by atoms with E-state index in [2.05, 4.69) is 4.18 Å². The van der Waals surface area contributed by atoms with Gasteiger partial charge >= 0.3 is 0 Å². The van der Waals surface area contributed by atoms with Crippen LogP contribution in [0.4, 0.5) is 0 Å². The van der Waals surface area contributed by atoms with E-state index in [1.54, 1.807) is 6.92 Å². The highest BCUT2D eigenvalue weighted by Crippen LogP contribution is 1.90. The topological polar surface area (TPSA) is 60.4 Å². The van der Waals surface area contributed by atoms with Gasteiger partial charge in [-0.15, -0.1) is 0 Å². The second-order valence-corrected chi connectivity index (χ2v) is 3.70. The Morgan fingerprint density at radius 3 is 2.45 bits per heavy atom. The summed E-state index contributed by atoms with van der Waals surface area (Å²) in [4.78, 5) is 9.99. The molecule has 0 fully saturated rings. The first-order valence-electron chi connectivity index (χ1n) is 2.92. The summed E-state index contributed by atoms with van der Waals surface area (Å²) in [6.07, 6.45) is 2.98. The van der Waals surface area contributed by atoms with Gasteiger partial charge in [0.05, 0.1) is 12.9 Å². The highest BCUT2D eigenvalue weighted by atomic mass is 32.2. The zero-order chi connectivity index (χ0) is 8.91. The number of aldehydes is 1. The van der Waals surface area contributed by atoms with Crippen LogP contribution < -0.4 is 0 Å². The average molecular weight is 178 g/mol. The van der Waals surface area contributed by atoms with Crippen LogP contribution in [0.15, 0.2) is 11.6 Å². The van der Waals surface area contributed by atoms with Crippen LogP contribution in [-0.2, 0) is 19.1 Å². The fourth-order valence-corrected chi connectivity index (χ4v) is 0.652. The lowest BCUT2D eigenvalue weighted by atomic mass is 10.3. The molecule has 0 bridgehead atoms. The van der Waals surface area contributed by atoms with Gasteiger partial charge in [0.1, 0.15) is 6.29 Å². The first-order chi connectivity index (χ1) is 4.95. The normalized spacial score (nSPS) is 13.1. The summed E-state index contributed by atoms with van der Waals surface area (Å²) in [5, 5.41) is 0. The summed E-state index contributed by atoms with van der Waals surface area (Å²) in [6, 6.07) is 0. The van der Waals surface area contributed by atoms with Gasteiger partial charge in [-0.3, -0.25) is 8.98 Å². The monoisotopic (exact) mass is 178 g/mol. The molecule has 0 aromatic rings. The Morgan fingerprint density at radius 2 is 2.09 bits per heavy atom. The molecule has 0 unspecified atom stereocenters. The molecule has 0 radical (unpaired) electrons. The highest BCUT2D eigenvalue weighted by molar-refractivity contribution is 7.85. The smallest absolute Gasteiger partial charge is 0.264 e. The van der Waals surface area contributed by atoms with E-state index >= 15 is 0 Å². The van der Waals surface area contributed by atoms with E-state index in [9.17, 15) is 13.2 Å². The number of allylic oxidation sites excluding steroid dienone is 1. The van der Waals surface area contributed by atoms with Crippen molar-refractivity contribution in [2.45, 2.75) is 6.92 Å². The minimum atomic E-state index is -3.39. The van der Waals surface area contributed by atoms with Gasteiger partial charge in [0.2, 0.25) is 0 Å². The Hall–Kier alpha value is -0.680. The molecule has 0 heterocycles. The van der Waals surface area contributed by atoms with E-state index in [-0.39, 0.29) is 6.61 Å². The van der Waals surface area contributed by atoms with Crippen LogP contribution in [0.3, 0.4) is 0 Å². The number of hydrogen-bond donors (Lipinski definition) is 0. The van der Waals surface area contributed by atoms with E-state index in [1.807, 2.05) is 0 Å². The van der Waals surface area contributed by atoms with E-state index in [0.29, 0.717) is 11.9 Å². The molecule has 0 spiro atoms. The molecule has 0 aliphatic heterocycles. The van der Waals surface area contributed by atoms with Crippen molar-refractivity contribution in [2.24, 2.45) is 0 Å². The van der Waals surface area contributed by atoms with Gasteiger partial charge in [0.25, 0.3) is 10.1 Å². The minimum Gasteiger partial charge on any atom is -0.298 e. The highest BCUT2D eigenvalue weighted by Gasteiger charge is 1.97. The molecule has 0 rings (SSSR count).